The fourth-order valence-corrected chi connectivity index (χ4v) is 1.91. The number of furan rings is 1. The number of halogens is 1. The number of amides is 1. The van der Waals surface area contributed by atoms with E-state index < -0.39 is 0 Å². The maximum atomic E-state index is 10.8. The van der Waals surface area contributed by atoms with Gasteiger partial charge < -0.3 is 4.42 Å². The highest BCUT2D eigenvalue weighted by Crippen LogP contribution is 2.23. The molecule has 0 fully saturated rings. The molecule has 1 aromatic heterocycles. The average Bonchev–Trinajstić information content (AvgIpc) is 2.58. The monoisotopic (exact) mass is 245 g/mol. The molecule has 1 aromatic rings. The van der Waals surface area contributed by atoms with Crippen LogP contribution in [-0.4, -0.2) is 16.7 Å². The van der Waals surface area contributed by atoms with Crippen LogP contribution in [0.1, 0.15) is 5.76 Å². The third kappa shape index (κ3) is 1.47. The summed E-state index contributed by atoms with van der Waals surface area (Å²) < 4.78 is 5.88. The van der Waals surface area contributed by atoms with Gasteiger partial charge in [-0.3, -0.25) is 4.79 Å². The first-order valence-corrected chi connectivity index (χ1v) is 5.03. The topological polar surface area (TPSA) is 42.6 Å². The Bertz CT molecular complexity index is 358. The van der Waals surface area contributed by atoms with Crippen molar-refractivity contribution < 1.29 is 9.21 Å². The zero-order valence-corrected chi connectivity index (χ0v) is 8.31. The molecule has 0 bridgehead atoms. The Labute approximate surface area is 81.4 Å². The lowest BCUT2D eigenvalue weighted by Crippen LogP contribution is -1.87. The van der Waals surface area contributed by atoms with Crippen molar-refractivity contribution in [2.75, 3.05) is 5.75 Å². The summed E-state index contributed by atoms with van der Waals surface area (Å²) in [4.78, 5) is 14.6. The molecule has 2 heterocycles. The van der Waals surface area contributed by atoms with Gasteiger partial charge in [-0.1, -0.05) is 11.8 Å². The second-order valence-electron chi connectivity index (χ2n) is 2.20. The molecule has 62 valence electrons. The first-order chi connectivity index (χ1) is 5.75. The highest BCUT2D eigenvalue weighted by Gasteiger charge is 2.18. The first kappa shape index (κ1) is 8.07. The molecule has 5 heteroatoms. The Hall–Kier alpha value is -0.550. The van der Waals surface area contributed by atoms with Gasteiger partial charge in [0, 0.05) is 0 Å². The normalized spacial score (nSPS) is 16.8. The van der Waals surface area contributed by atoms with Gasteiger partial charge >= 0.3 is 0 Å². The zero-order valence-electron chi connectivity index (χ0n) is 5.91. The van der Waals surface area contributed by atoms with E-state index in [1.807, 2.05) is 0 Å². The molecule has 0 aromatic carbocycles. The van der Waals surface area contributed by atoms with Crippen molar-refractivity contribution in [3.05, 3.63) is 22.6 Å². The molecule has 1 amide bonds. The first-order valence-electron chi connectivity index (χ1n) is 3.26. The van der Waals surface area contributed by atoms with Crippen LogP contribution in [0, 0.1) is 0 Å². The smallest absolute Gasteiger partial charge is 0.257 e. The van der Waals surface area contributed by atoms with Gasteiger partial charge in [-0.25, -0.2) is 4.99 Å². The maximum Gasteiger partial charge on any atom is 0.257 e. The van der Waals surface area contributed by atoms with E-state index in [0.29, 0.717) is 21.2 Å². The number of carbonyl (C=O) groups excluding carboxylic acids is 1. The van der Waals surface area contributed by atoms with E-state index in [2.05, 4.69) is 20.9 Å². The standard InChI is InChI=1S/C7H4BrNO2S/c8-5-2-1-4(11-5)7-9-6(10)3-12-7/h1-2H,3H2. The number of nitrogens with zero attached hydrogens (tertiary/aromatic N) is 1. The lowest BCUT2D eigenvalue weighted by molar-refractivity contribution is -0.115. The Morgan fingerprint density at radius 1 is 1.58 bits per heavy atom. The number of thioether (sulfide) groups is 1. The van der Waals surface area contributed by atoms with Gasteiger partial charge in [0.15, 0.2) is 10.4 Å². The minimum absolute atomic E-state index is 0.0949. The Balaban J connectivity index is 2.32. The molecule has 12 heavy (non-hydrogen) atoms. The largest absolute Gasteiger partial charge is 0.447 e. The van der Waals surface area contributed by atoms with E-state index in [0.717, 1.165) is 0 Å². The lowest BCUT2D eigenvalue weighted by Gasteiger charge is -1.89. The molecule has 0 radical (unpaired) electrons. The van der Waals surface area contributed by atoms with Crippen LogP contribution < -0.4 is 0 Å². The molecular formula is C7H4BrNO2S. The van der Waals surface area contributed by atoms with E-state index >= 15 is 0 Å². The van der Waals surface area contributed by atoms with Gasteiger partial charge in [-0.2, -0.15) is 0 Å². The van der Waals surface area contributed by atoms with Crippen LogP contribution in [0.15, 0.2) is 26.2 Å². The number of aliphatic imine (C=N–C) groups is 1. The highest BCUT2D eigenvalue weighted by atomic mass is 79.9. The third-order valence-corrected chi connectivity index (χ3v) is 2.73. The van der Waals surface area contributed by atoms with Crippen molar-refractivity contribution >= 4 is 38.6 Å². The zero-order chi connectivity index (χ0) is 8.55. The molecule has 0 atom stereocenters. The summed E-state index contributed by atoms with van der Waals surface area (Å²) in [5.74, 6) is 0.980. The molecule has 0 unspecified atom stereocenters. The van der Waals surface area contributed by atoms with Crippen molar-refractivity contribution in [2.24, 2.45) is 4.99 Å². The number of carbonyl (C=O) groups is 1. The van der Waals surface area contributed by atoms with Crippen LogP contribution in [-0.2, 0) is 4.79 Å². The van der Waals surface area contributed by atoms with E-state index in [4.69, 9.17) is 4.42 Å². The van der Waals surface area contributed by atoms with Crippen LogP contribution in [0.3, 0.4) is 0 Å². The summed E-state index contributed by atoms with van der Waals surface area (Å²) in [6, 6.07) is 3.57. The summed E-state index contributed by atoms with van der Waals surface area (Å²) in [7, 11) is 0. The SMILES string of the molecule is O=C1CSC(c2ccc(Br)o2)=N1. The molecule has 3 nitrogen and oxygen atoms in total. The minimum Gasteiger partial charge on any atom is -0.447 e. The molecule has 0 spiro atoms. The Morgan fingerprint density at radius 2 is 2.42 bits per heavy atom. The van der Waals surface area contributed by atoms with Gasteiger partial charge in [0.1, 0.15) is 5.04 Å². The van der Waals surface area contributed by atoms with E-state index in [1.54, 1.807) is 12.1 Å². The molecule has 0 saturated heterocycles. The fraction of sp³-hybridized carbons (Fsp3) is 0.143. The summed E-state index contributed by atoms with van der Waals surface area (Å²) in [5.41, 5.74) is 0. The second-order valence-corrected chi connectivity index (χ2v) is 3.95. The molecule has 1 aliphatic heterocycles. The summed E-state index contributed by atoms with van der Waals surface area (Å²) in [6.07, 6.45) is 0. The number of hydrogen-bond donors (Lipinski definition) is 0. The highest BCUT2D eigenvalue weighted by molar-refractivity contribution is 9.10. The van der Waals surface area contributed by atoms with Gasteiger partial charge in [0.2, 0.25) is 0 Å². The van der Waals surface area contributed by atoms with Gasteiger partial charge in [0.05, 0.1) is 5.75 Å². The third-order valence-electron chi connectivity index (χ3n) is 1.34. The van der Waals surface area contributed by atoms with Crippen LogP contribution in [0.4, 0.5) is 0 Å². The molecule has 2 rings (SSSR count). The fourth-order valence-electron chi connectivity index (χ4n) is 0.863. The Morgan fingerprint density at radius 3 is 2.92 bits per heavy atom. The van der Waals surface area contributed by atoms with Crippen molar-refractivity contribution in [3.63, 3.8) is 0 Å². The van der Waals surface area contributed by atoms with E-state index in [1.165, 1.54) is 11.8 Å². The summed E-state index contributed by atoms with van der Waals surface area (Å²) in [6.45, 7) is 0. The Kier molecular flexibility index (Phi) is 2.06. The van der Waals surface area contributed by atoms with Crippen molar-refractivity contribution in [3.8, 4) is 0 Å². The lowest BCUT2D eigenvalue weighted by atomic mass is 10.5. The average molecular weight is 246 g/mol. The molecular weight excluding hydrogens is 242 g/mol. The maximum absolute atomic E-state index is 10.8. The van der Waals surface area contributed by atoms with E-state index in [-0.39, 0.29) is 5.91 Å². The van der Waals surface area contributed by atoms with Crippen LogP contribution in [0.25, 0.3) is 0 Å². The van der Waals surface area contributed by atoms with E-state index in [9.17, 15) is 4.79 Å². The number of rotatable bonds is 1. The van der Waals surface area contributed by atoms with Crippen LogP contribution in [0.5, 0.6) is 0 Å². The summed E-state index contributed by atoms with van der Waals surface area (Å²) >= 11 is 4.58. The number of hydrogen-bond acceptors (Lipinski definition) is 3. The second kappa shape index (κ2) is 3.06. The predicted octanol–water partition coefficient (Wildman–Crippen LogP) is 2.06. The molecule has 1 aliphatic rings. The van der Waals surface area contributed by atoms with Gasteiger partial charge in [0.25, 0.3) is 5.91 Å². The summed E-state index contributed by atoms with van der Waals surface area (Å²) in [5, 5.41) is 0.672. The van der Waals surface area contributed by atoms with Crippen molar-refractivity contribution in [1.82, 2.24) is 0 Å². The minimum atomic E-state index is -0.0949. The molecule has 0 N–H and O–H groups in total. The van der Waals surface area contributed by atoms with Crippen LogP contribution in [0.2, 0.25) is 0 Å². The van der Waals surface area contributed by atoms with Gasteiger partial charge in [-0.15, -0.1) is 0 Å². The molecule has 0 aliphatic carbocycles. The van der Waals surface area contributed by atoms with Crippen LogP contribution >= 0.6 is 27.7 Å². The predicted molar refractivity (Wildman–Crippen MR) is 50.4 cm³/mol. The molecule has 0 saturated carbocycles. The van der Waals surface area contributed by atoms with Crippen molar-refractivity contribution in [1.29, 1.82) is 0 Å². The quantitative estimate of drug-likeness (QED) is 0.761. The van der Waals surface area contributed by atoms with Crippen molar-refractivity contribution in [2.45, 2.75) is 0 Å². The van der Waals surface area contributed by atoms with Gasteiger partial charge in [-0.05, 0) is 28.1 Å².